The maximum Gasteiger partial charge on any atom is 0.165 e. The molecule has 0 atom stereocenters. The average molecular weight is 361 g/mol. The van der Waals surface area contributed by atoms with Crippen LogP contribution in [0, 0.1) is 5.82 Å². The Labute approximate surface area is 157 Å². The second kappa shape index (κ2) is 8.23. The fourth-order valence-electron chi connectivity index (χ4n) is 2.58. The summed E-state index contributed by atoms with van der Waals surface area (Å²) in [6.45, 7) is 4.00. The normalized spacial score (nSPS) is 10.2. The first-order valence-corrected chi connectivity index (χ1v) is 8.70. The second-order valence-corrected chi connectivity index (χ2v) is 5.51. The number of hydrogen-bond donors (Lipinski definition) is 2. The van der Waals surface area contributed by atoms with Crippen molar-refractivity contribution in [2.24, 2.45) is 0 Å². The number of fused-ring (bicyclic) bond motifs is 1. The van der Waals surface area contributed by atoms with Gasteiger partial charge in [-0.25, -0.2) is 14.4 Å². The summed E-state index contributed by atoms with van der Waals surface area (Å²) in [7, 11) is 0. The molecule has 0 bridgehead atoms. The minimum Gasteiger partial charge on any atom is -0.399 e. The van der Waals surface area contributed by atoms with Crippen LogP contribution in [-0.2, 0) is 0 Å². The maximum atomic E-state index is 14.2. The number of anilines is 3. The standard InChI is InChI=1S/C19H14FN5.C2H6/c20-16-4-2-1-3-14(16)18-24-17-6-5-12(21)11-15(17)19(25-18)23-13-7-9-22-10-8-13;1-2/h1-11H,21H2,(H,22,23,24,25);1-2H3. The Bertz CT molecular complexity index is 1050. The summed E-state index contributed by atoms with van der Waals surface area (Å²) < 4.78 is 14.2. The van der Waals surface area contributed by atoms with E-state index >= 15 is 0 Å². The van der Waals surface area contributed by atoms with Crippen molar-refractivity contribution in [3.05, 3.63) is 72.8 Å². The number of nitrogens with one attached hydrogen (secondary N) is 1. The van der Waals surface area contributed by atoms with Crippen molar-refractivity contribution in [1.29, 1.82) is 0 Å². The molecule has 4 rings (SSSR count). The highest BCUT2D eigenvalue weighted by atomic mass is 19.1. The first kappa shape index (κ1) is 18.3. The molecular weight excluding hydrogens is 341 g/mol. The molecule has 0 radical (unpaired) electrons. The molecule has 0 spiro atoms. The molecule has 6 heteroatoms. The molecule has 0 saturated carbocycles. The summed E-state index contributed by atoms with van der Waals surface area (Å²) in [5.74, 6) is 0.501. The van der Waals surface area contributed by atoms with Crippen LogP contribution in [0.15, 0.2) is 67.0 Å². The smallest absolute Gasteiger partial charge is 0.165 e. The minimum atomic E-state index is -0.368. The van der Waals surface area contributed by atoms with E-state index in [1.807, 2.05) is 26.0 Å². The first-order chi connectivity index (χ1) is 13.2. The minimum absolute atomic E-state index is 0.312. The number of nitrogens with two attached hydrogens (primary N) is 1. The molecule has 0 saturated heterocycles. The van der Waals surface area contributed by atoms with Crippen LogP contribution < -0.4 is 11.1 Å². The number of nitrogen functional groups attached to an aromatic ring is 1. The third-order valence-corrected chi connectivity index (χ3v) is 3.78. The van der Waals surface area contributed by atoms with Gasteiger partial charge in [-0.3, -0.25) is 4.98 Å². The Morgan fingerprint density at radius 1 is 0.926 bits per heavy atom. The molecular formula is C21H20FN5. The molecule has 136 valence electrons. The van der Waals surface area contributed by atoms with E-state index in [1.165, 1.54) is 6.07 Å². The lowest BCUT2D eigenvalue weighted by atomic mass is 10.1. The van der Waals surface area contributed by atoms with Gasteiger partial charge in [-0.1, -0.05) is 26.0 Å². The lowest BCUT2D eigenvalue weighted by Gasteiger charge is -2.12. The molecule has 0 fully saturated rings. The molecule has 4 aromatic rings. The van der Waals surface area contributed by atoms with Crippen LogP contribution in [-0.4, -0.2) is 15.0 Å². The zero-order valence-electron chi connectivity index (χ0n) is 15.1. The molecule has 0 aliphatic heterocycles. The van der Waals surface area contributed by atoms with Gasteiger partial charge in [-0.2, -0.15) is 0 Å². The van der Waals surface area contributed by atoms with Gasteiger partial charge in [0.05, 0.1) is 11.1 Å². The van der Waals surface area contributed by atoms with Gasteiger partial charge >= 0.3 is 0 Å². The molecule has 3 N–H and O–H groups in total. The van der Waals surface area contributed by atoms with E-state index in [2.05, 4.69) is 20.3 Å². The second-order valence-electron chi connectivity index (χ2n) is 5.51. The van der Waals surface area contributed by atoms with Gasteiger partial charge < -0.3 is 11.1 Å². The van der Waals surface area contributed by atoms with Crippen molar-refractivity contribution >= 4 is 28.1 Å². The highest BCUT2D eigenvalue weighted by Gasteiger charge is 2.13. The SMILES string of the molecule is CC.Nc1ccc2nc(-c3ccccc3F)nc(Nc3ccncc3)c2c1. The predicted octanol–water partition coefficient (Wildman–Crippen LogP) is 5.18. The summed E-state index contributed by atoms with van der Waals surface area (Å²) in [6, 6.07) is 15.4. The van der Waals surface area contributed by atoms with Crippen LogP contribution in [0.25, 0.3) is 22.3 Å². The highest BCUT2D eigenvalue weighted by Crippen LogP contribution is 2.29. The quantitative estimate of drug-likeness (QED) is 0.492. The van der Waals surface area contributed by atoms with Crippen molar-refractivity contribution in [1.82, 2.24) is 15.0 Å². The maximum absolute atomic E-state index is 14.2. The molecule has 0 aliphatic rings. The van der Waals surface area contributed by atoms with E-state index in [4.69, 9.17) is 5.73 Å². The fourth-order valence-corrected chi connectivity index (χ4v) is 2.58. The number of pyridine rings is 1. The predicted molar refractivity (Wildman–Crippen MR) is 108 cm³/mol. The van der Waals surface area contributed by atoms with E-state index in [0.717, 1.165) is 11.1 Å². The summed E-state index contributed by atoms with van der Waals surface area (Å²) in [5, 5.41) is 4.00. The molecule has 0 unspecified atom stereocenters. The third kappa shape index (κ3) is 4.00. The van der Waals surface area contributed by atoms with Crippen molar-refractivity contribution in [2.75, 3.05) is 11.1 Å². The van der Waals surface area contributed by atoms with Crippen molar-refractivity contribution in [3.8, 4) is 11.4 Å². The fraction of sp³-hybridized carbons (Fsp3) is 0.0952. The number of aromatic nitrogens is 3. The van der Waals surface area contributed by atoms with Gasteiger partial charge in [0.15, 0.2) is 5.82 Å². The van der Waals surface area contributed by atoms with Crippen molar-refractivity contribution in [3.63, 3.8) is 0 Å². The topological polar surface area (TPSA) is 76.7 Å². The van der Waals surface area contributed by atoms with Gasteiger partial charge in [-0.05, 0) is 42.5 Å². The molecule has 27 heavy (non-hydrogen) atoms. The van der Waals surface area contributed by atoms with E-state index in [0.29, 0.717) is 28.4 Å². The Kier molecular flexibility index (Phi) is 5.56. The van der Waals surface area contributed by atoms with Crippen LogP contribution in [0.3, 0.4) is 0 Å². The Morgan fingerprint density at radius 2 is 1.67 bits per heavy atom. The highest BCUT2D eigenvalue weighted by molar-refractivity contribution is 5.94. The Hall–Kier alpha value is -3.54. The van der Waals surface area contributed by atoms with E-state index < -0.39 is 0 Å². The average Bonchev–Trinajstić information content (AvgIpc) is 2.71. The summed E-state index contributed by atoms with van der Waals surface area (Å²) in [4.78, 5) is 13.0. The van der Waals surface area contributed by atoms with E-state index in [-0.39, 0.29) is 5.82 Å². The first-order valence-electron chi connectivity index (χ1n) is 8.70. The van der Waals surface area contributed by atoms with Gasteiger partial charge in [0, 0.05) is 29.2 Å². The summed E-state index contributed by atoms with van der Waals surface area (Å²) in [5.41, 5.74) is 8.35. The molecule has 2 heterocycles. The van der Waals surface area contributed by atoms with Gasteiger partial charge in [0.25, 0.3) is 0 Å². The summed E-state index contributed by atoms with van der Waals surface area (Å²) in [6.07, 6.45) is 3.36. The number of benzene rings is 2. The molecule has 0 amide bonds. The Balaban J connectivity index is 0.00000102. The van der Waals surface area contributed by atoms with Crippen LogP contribution in [0.4, 0.5) is 21.6 Å². The lowest BCUT2D eigenvalue weighted by Crippen LogP contribution is -2.01. The van der Waals surface area contributed by atoms with E-state index in [1.54, 1.807) is 48.8 Å². The third-order valence-electron chi connectivity index (χ3n) is 3.78. The summed E-state index contributed by atoms with van der Waals surface area (Å²) >= 11 is 0. The lowest BCUT2D eigenvalue weighted by molar-refractivity contribution is 0.630. The van der Waals surface area contributed by atoms with Crippen LogP contribution in [0.2, 0.25) is 0 Å². The molecule has 2 aromatic carbocycles. The number of halogens is 1. The van der Waals surface area contributed by atoms with E-state index in [9.17, 15) is 4.39 Å². The van der Waals surface area contributed by atoms with Crippen molar-refractivity contribution < 1.29 is 4.39 Å². The molecule has 2 aromatic heterocycles. The zero-order valence-corrected chi connectivity index (χ0v) is 15.1. The van der Waals surface area contributed by atoms with Crippen molar-refractivity contribution in [2.45, 2.75) is 13.8 Å². The monoisotopic (exact) mass is 361 g/mol. The van der Waals surface area contributed by atoms with Gasteiger partial charge in [-0.15, -0.1) is 0 Å². The van der Waals surface area contributed by atoms with Crippen LogP contribution in [0.5, 0.6) is 0 Å². The number of rotatable bonds is 3. The van der Waals surface area contributed by atoms with Crippen LogP contribution in [0.1, 0.15) is 13.8 Å². The van der Waals surface area contributed by atoms with Gasteiger partial charge in [0.2, 0.25) is 0 Å². The number of nitrogens with zero attached hydrogens (tertiary/aromatic N) is 3. The molecule has 5 nitrogen and oxygen atoms in total. The van der Waals surface area contributed by atoms with Gasteiger partial charge in [0.1, 0.15) is 11.6 Å². The largest absolute Gasteiger partial charge is 0.399 e. The molecule has 0 aliphatic carbocycles. The number of hydrogen-bond acceptors (Lipinski definition) is 5. The van der Waals surface area contributed by atoms with Crippen LogP contribution >= 0.6 is 0 Å². The zero-order chi connectivity index (χ0) is 19.2. The Morgan fingerprint density at radius 3 is 2.41 bits per heavy atom.